The molecule has 0 bridgehead atoms. The molecule has 4 rings (SSSR count). The average Bonchev–Trinajstić information content (AvgIpc) is 3.30. The van der Waals surface area contributed by atoms with Crippen molar-refractivity contribution in [1.82, 2.24) is 19.7 Å². The summed E-state index contributed by atoms with van der Waals surface area (Å²) in [6, 6.07) is 2.87. The standard InChI is InChI=1S/C18H20F2N4O/c19-13-6-7-14(15(20)9-13)18(25)24-8-2-1-3-16(24)17-22-21-11-23(17)10-12-4-5-12/h6-7,9,11-12,16H,1-5,8,10H2. The summed E-state index contributed by atoms with van der Waals surface area (Å²) >= 11 is 0. The monoisotopic (exact) mass is 346 g/mol. The third-order valence-electron chi connectivity index (χ3n) is 5.02. The smallest absolute Gasteiger partial charge is 0.257 e. The summed E-state index contributed by atoms with van der Waals surface area (Å²) in [6.07, 6.45) is 6.76. The Labute approximate surface area is 144 Å². The number of hydrogen-bond acceptors (Lipinski definition) is 3. The first-order chi connectivity index (χ1) is 12.1. The van der Waals surface area contributed by atoms with Crippen LogP contribution in [0.4, 0.5) is 8.78 Å². The van der Waals surface area contributed by atoms with Gasteiger partial charge < -0.3 is 9.47 Å². The van der Waals surface area contributed by atoms with Crippen LogP contribution < -0.4 is 0 Å². The first-order valence-electron chi connectivity index (χ1n) is 8.77. The maximum absolute atomic E-state index is 14.1. The molecule has 2 fully saturated rings. The fourth-order valence-electron chi connectivity index (χ4n) is 3.50. The number of halogens is 2. The number of piperidine rings is 1. The van der Waals surface area contributed by atoms with E-state index in [1.165, 1.54) is 18.9 Å². The Kier molecular flexibility index (Phi) is 4.23. The van der Waals surface area contributed by atoms with Crippen LogP contribution in [0.25, 0.3) is 0 Å². The lowest BCUT2D eigenvalue weighted by atomic mass is 9.99. The van der Waals surface area contributed by atoms with Gasteiger partial charge in [0.1, 0.15) is 18.0 Å². The molecule has 2 aliphatic rings. The number of likely N-dealkylation sites (tertiary alicyclic amines) is 1. The third-order valence-corrected chi connectivity index (χ3v) is 5.02. The summed E-state index contributed by atoms with van der Waals surface area (Å²) in [5.41, 5.74) is -0.0958. The van der Waals surface area contributed by atoms with Gasteiger partial charge in [-0.15, -0.1) is 10.2 Å². The highest BCUT2D eigenvalue weighted by Gasteiger charge is 2.34. The highest BCUT2D eigenvalue weighted by atomic mass is 19.1. The van der Waals surface area contributed by atoms with Gasteiger partial charge in [0, 0.05) is 19.2 Å². The summed E-state index contributed by atoms with van der Waals surface area (Å²) < 4.78 is 29.2. The molecular formula is C18H20F2N4O. The molecular weight excluding hydrogens is 326 g/mol. The maximum Gasteiger partial charge on any atom is 0.257 e. The molecule has 1 saturated heterocycles. The number of rotatable bonds is 4. The quantitative estimate of drug-likeness (QED) is 0.853. The summed E-state index contributed by atoms with van der Waals surface area (Å²) in [5.74, 6) is -0.495. The zero-order valence-corrected chi connectivity index (χ0v) is 13.9. The minimum absolute atomic E-state index is 0.0958. The van der Waals surface area contributed by atoms with E-state index in [4.69, 9.17) is 0 Å². The van der Waals surface area contributed by atoms with Crippen LogP contribution in [0.2, 0.25) is 0 Å². The van der Waals surface area contributed by atoms with Crippen molar-refractivity contribution >= 4 is 5.91 Å². The van der Waals surface area contributed by atoms with E-state index < -0.39 is 17.5 Å². The molecule has 25 heavy (non-hydrogen) atoms. The van der Waals surface area contributed by atoms with Gasteiger partial charge in [-0.2, -0.15) is 0 Å². The number of benzene rings is 1. The van der Waals surface area contributed by atoms with E-state index in [1.54, 1.807) is 11.2 Å². The van der Waals surface area contributed by atoms with Crippen LogP contribution in [0, 0.1) is 17.6 Å². The first kappa shape index (κ1) is 16.2. The van der Waals surface area contributed by atoms with Crippen molar-refractivity contribution in [3.63, 3.8) is 0 Å². The topological polar surface area (TPSA) is 51.0 Å². The molecule has 7 heteroatoms. The fourth-order valence-corrected chi connectivity index (χ4v) is 3.50. The Balaban J connectivity index is 1.62. The predicted octanol–water partition coefficient (Wildman–Crippen LogP) is 3.33. The minimum Gasteiger partial charge on any atom is -0.328 e. The zero-order chi connectivity index (χ0) is 17.4. The molecule has 1 atom stereocenters. The molecule has 0 spiro atoms. The van der Waals surface area contributed by atoms with Crippen molar-refractivity contribution in [2.75, 3.05) is 6.54 Å². The van der Waals surface area contributed by atoms with E-state index >= 15 is 0 Å². The molecule has 2 heterocycles. The second-order valence-electron chi connectivity index (χ2n) is 6.92. The van der Waals surface area contributed by atoms with E-state index in [9.17, 15) is 13.6 Å². The van der Waals surface area contributed by atoms with Gasteiger partial charge in [-0.05, 0) is 50.2 Å². The molecule has 1 saturated carbocycles. The van der Waals surface area contributed by atoms with Gasteiger partial charge in [0.2, 0.25) is 0 Å². The van der Waals surface area contributed by atoms with E-state index in [2.05, 4.69) is 10.2 Å². The lowest BCUT2D eigenvalue weighted by molar-refractivity contribution is 0.0589. The Bertz CT molecular complexity index is 787. The summed E-state index contributed by atoms with van der Waals surface area (Å²) in [5, 5.41) is 8.27. The molecule has 1 aromatic carbocycles. The van der Waals surface area contributed by atoms with Gasteiger partial charge >= 0.3 is 0 Å². The molecule has 132 valence electrons. The molecule has 1 amide bonds. The number of hydrogen-bond donors (Lipinski definition) is 0. The highest BCUT2D eigenvalue weighted by molar-refractivity contribution is 5.94. The van der Waals surface area contributed by atoms with Crippen LogP contribution in [-0.2, 0) is 6.54 Å². The van der Waals surface area contributed by atoms with Gasteiger partial charge in [-0.1, -0.05) is 0 Å². The Morgan fingerprint density at radius 2 is 2.04 bits per heavy atom. The van der Waals surface area contributed by atoms with E-state index in [1.807, 2.05) is 4.57 Å². The molecule has 0 radical (unpaired) electrons. The van der Waals surface area contributed by atoms with Crippen LogP contribution in [-0.4, -0.2) is 32.1 Å². The lowest BCUT2D eigenvalue weighted by Crippen LogP contribution is -2.40. The highest BCUT2D eigenvalue weighted by Crippen LogP contribution is 2.35. The largest absolute Gasteiger partial charge is 0.328 e. The summed E-state index contributed by atoms with van der Waals surface area (Å²) in [4.78, 5) is 14.5. The van der Waals surface area contributed by atoms with Crippen molar-refractivity contribution in [1.29, 1.82) is 0 Å². The normalized spacial score (nSPS) is 20.7. The molecule has 2 aromatic rings. The van der Waals surface area contributed by atoms with Gasteiger partial charge in [-0.25, -0.2) is 8.78 Å². The van der Waals surface area contributed by atoms with E-state index in [-0.39, 0.29) is 11.6 Å². The second kappa shape index (κ2) is 6.54. The van der Waals surface area contributed by atoms with E-state index in [0.29, 0.717) is 12.5 Å². The molecule has 1 unspecified atom stereocenters. The minimum atomic E-state index is -0.825. The van der Waals surface area contributed by atoms with Crippen molar-refractivity contribution in [2.45, 2.75) is 44.7 Å². The third kappa shape index (κ3) is 3.27. The Morgan fingerprint density at radius 3 is 2.80 bits per heavy atom. The van der Waals surface area contributed by atoms with E-state index in [0.717, 1.165) is 43.8 Å². The van der Waals surface area contributed by atoms with Crippen LogP contribution in [0.5, 0.6) is 0 Å². The SMILES string of the molecule is O=C(c1ccc(F)cc1F)N1CCCCC1c1nncn1CC1CC1. The van der Waals surface area contributed by atoms with Crippen molar-refractivity contribution in [2.24, 2.45) is 5.92 Å². The van der Waals surface area contributed by atoms with Crippen molar-refractivity contribution in [3.8, 4) is 0 Å². The predicted molar refractivity (Wildman–Crippen MR) is 86.7 cm³/mol. The van der Waals surface area contributed by atoms with Crippen LogP contribution in [0.1, 0.15) is 54.3 Å². The lowest BCUT2D eigenvalue weighted by Gasteiger charge is -2.35. The van der Waals surface area contributed by atoms with Crippen LogP contribution in [0.15, 0.2) is 24.5 Å². The number of carbonyl (C=O) groups excluding carboxylic acids is 1. The Morgan fingerprint density at radius 1 is 1.20 bits per heavy atom. The van der Waals surface area contributed by atoms with Crippen molar-refractivity contribution in [3.05, 3.63) is 47.5 Å². The zero-order valence-electron chi connectivity index (χ0n) is 13.9. The summed E-state index contributed by atoms with van der Waals surface area (Å²) in [7, 11) is 0. The number of nitrogens with zero attached hydrogens (tertiary/aromatic N) is 4. The van der Waals surface area contributed by atoms with Crippen LogP contribution in [0.3, 0.4) is 0 Å². The number of carbonyl (C=O) groups is 1. The van der Waals surface area contributed by atoms with Gasteiger partial charge in [-0.3, -0.25) is 4.79 Å². The number of amides is 1. The Hall–Kier alpha value is -2.31. The van der Waals surface area contributed by atoms with Crippen molar-refractivity contribution < 1.29 is 13.6 Å². The average molecular weight is 346 g/mol. The first-order valence-corrected chi connectivity index (χ1v) is 8.77. The molecule has 1 aromatic heterocycles. The van der Waals surface area contributed by atoms with Crippen LogP contribution >= 0.6 is 0 Å². The second-order valence-corrected chi connectivity index (χ2v) is 6.92. The molecule has 5 nitrogen and oxygen atoms in total. The van der Waals surface area contributed by atoms with Gasteiger partial charge in [0.15, 0.2) is 5.82 Å². The summed E-state index contributed by atoms with van der Waals surface area (Å²) in [6.45, 7) is 1.41. The maximum atomic E-state index is 14.1. The molecule has 1 aliphatic carbocycles. The molecule has 1 aliphatic heterocycles. The molecule has 0 N–H and O–H groups in total. The fraction of sp³-hybridized carbons (Fsp3) is 0.500. The van der Waals surface area contributed by atoms with Gasteiger partial charge in [0.25, 0.3) is 5.91 Å². The number of aromatic nitrogens is 3. The van der Waals surface area contributed by atoms with Gasteiger partial charge in [0.05, 0.1) is 11.6 Å².